The van der Waals surface area contributed by atoms with E-state index in [-0.39, 0.29) is 29.3 Å². The highest BCUT2D eigenvalue weighted by atomic mass is 19.1. The Morgan fingerprint density at radius 1 is 1.40 bits per heavy atom. The van der Waals surface area contributed by atoms with Crippen LogP contribution in [0.1, 0.15) is 43.2 Å². The fourth-order valence-corrected chi connectivity index (χ4v) is 3.02. The molecule has 7 nitrogen and oxygen atoms in total. The van der Waals surface area contributed by atoms with Crippen molar-refractivity contribution in [1.29, 1.82) is 5.26 Å². The molecule has 25 heavy (non-hydrogen) atoms. The first-order chi connectivity index (χ1) is 12.1. The van der Waals surface area contributed by atoms with Crippen molar-refractivity contribution in [3.05, 3.63) is 41.7 Å². The lowest BCUT2D eigenvalue weighted by molar-refractivity contribution is 0.609. The molecule has 0 spiro atoms. The summed E-state index contributed by atoms with van der Waals surface area (Å²) in [6.45, 7) is 1.90. The summed E-state index contributed by atoms with van der Waals surface area (Å²) in [5.41, 5.74) is 7.07. The highest BCUT2D eigenvalue weighted by Crippen LogP contribution is 2.41. The van der Waals surface area contributed by atoms with Crippen molar-refractivity contribution in [2.45, 2.75) is 31.8 Å². The minimum Gasteiger partial charge on any atom is -0.382 e. The average Bonchev–Trinajstić information content (AvgIpc) is 3.35. The Kier molecular flexibility index (Phi) is 3.50. The number of nitrogens with two attached hydrogens (primary N) is 1. The molecule has 1 fully saturated rings. The molecule has 0 radical (unpaired) electrons. The van der Waals surface area contributed by atoms with Crippen LogP contribution in [-0.2, 0) is 0 Å². The van der Waals surface area contributed by atoms with Crippen molar-refractivity contribution in [3.63, 3.8) is 0 Å². The van der Waals surface area contributed by atoms with Crippen LogP contribution in [0.15, 0.2) is 24.5 Å². The van der Waals surface area contributed by atoms with Gasteiger partial charge < -0.3 is 15.6 Å². The summed E-state index contributed by atoms with van der Waals surface area (Å²) in [6, 6.07) is 6.89. The second kappa shape index (κ2) is 5.70. The summed E-state index contributed by atoms with van der Waals surface area (Å²) < 4.78 is 16.3. The zero-order valence-corrected chi connectivity index (χ0v) is 13.6. The van der Waals surface area contributed by atoms with Crippen LogP contribution in [0.4, 0.5) is 16.0 Å². The van der Waals surface area contributed by atoms with Gasteiger partial charge >= 0.3 is 0 Å². The van der Waals surface area contributed by atoms with Crippen molar-refractivity contribution in [2.75, 3.05) is 11.1 Å². The number of hydrogen-bond acceptors (Lipinski definition) is 6. The molecule has 1 atom stereocenters. The molecule has 3 N–H and O–H groups in total. The molecule has 4 rings (SSSR count). The van der Waals surface area contributed by atoms with Gasteiger partial charge in [-0.2, -0.15) is 5.26 Å². The highest BCUT2D eigenvalue weighted by molar-refractivity contribution is 5.77. The van der Waals surface area contributed by atoms with E-state index >= 15 is 0 Å². The predicted octanol–water partition coefficient (Wildman–Crippen LogP) is 2.93. The number of nitrogens with one attached hydrogen (secondary N) is 1. The normalized spacial score (nSPS) is 15.1. The average molecular weight is 337 g/mol. The number of nitrogen functional groups attached to an aromatic ring is 1. The molecule has 1 aliphatic rings. The second-order valence-corrected chi connectivity index (χ2v) is 6.14. The summed E-state index contributed by atoms with van der Waals surface area (Å²) in [6.07, 6.45) is 3.31. The van der Waals surface area contributed by atoms with Gasteiger partial charge in [-0.1, -0.05) is 6.07 Å². The molecule has 126 valence electrons. The highest BCUT2D eigenvalue weighted by Gasteiger charge is 2.31. The molecule has 2 aromatic heterocycles. The molecule has 0 amide bonds. The van der Waals surface area contributed by atoms with Crippen LogP contribution >= 0.6 is 0 Å². The van der Waals surface area contributed by atoms with E-state index in [1.165, 1.54) is 12.4 Å². The Balaban J connectivity index is 1.78. The topological polar surface area (TPSA) is 105 Å². The molecule has 8 heteroatoms. The van der Waals surface area contributed by atoms with Gasteiger partial charge in [0.15, 0.2) is 0 Å². The van der Waals surface area contributed by atoms with Crippen molar-refractivity contribution >= 4 is 22.7 Å². The van der Waals surface area contributed by atoms with E-state index in [2.05, 4.69) is 20.3 Å². The predicted molar refractivity (Wildman–Crippen MR) is 91.2 cm³/mol. The van der Waals surface area contributed by atoms with Gasteiger partial charge in [-0.15, -0.1) is 0 Å². The first-order valence-corrected chi connectivity index (χ1v) is 8.03. The van der Waals surface area contributed by atoms with E-state index in [0.29, 0.717) is 22.7 Å². The first-order valence-electron chi connectivity index (χ1n) is 8.03. The maximum Gasteiger partial charge on any atom is 0.150 e. The molecule has 1 aromatic carbocycles. The number of halogens is 1. The number of nitriles is 1. The number of nitrogens with zero attached hydrogens (tertiary/aromatic N) is 5. The van der Waals surface area contributed by atoms with Crippen LogP contribution in [0.5, 0.6) is 0 Å². The Hall–Kier alpha value is -3.21. The van der Waals surface area contributed by atoms with Crippen LogP contribution in [0.25, 0.3) is 11.0 Å². The lowest BCUT2D eigenvalue weighted by Crippen LogP contribution is -2.16. The number of aromatic nitrogens is 4. The molecule has 1 saturated carbocycles. The second-order valence-electron chi connectivity index (χ2n) is 6.14. The smallest absolute Gasteiger partial charge is 0.150 e. The van der Waals surface area contributed by atoms with Gasteiger partial charge in [0, 0.05) is 6.04 Å². The lowest BCUT2D eigenvalue weighted by atomic mass is 10.2. The van der Waals surface area contributed by atoms with Crippen LogP contribution < -0.4 is 11.1 Å². The maximum absolute atomic E-state index is 14.3. The van der Waals surface area contributed by atoms with Crippen molar-refractivity contribution in [3.8, 4) is 6.07 Å². The summed E-state index contributed by atoms with van der Waals surface area (Å²) in [5.74, 6) is 0.898. The molecular formula is C17H16FN7. The molecular weight excluding hydrogens is 321 g/mol. The van der Waals surface area contributed by atoms with Gasteiger partial charge in [0.1, 0.15) is 46.8 Å². The van der Waals surface area contributed by atoms with Crippen LogP contribution in [0, 0.1) is 17.1 Å². The third-order valence-electron chi connectivity index (χ3n) is 4.33. The Morgan fingerprint density at radius 3 is 2.92 bits per heavy atom. The maximum atomic E-state index is 14.3. The number of benzene rings is 1. The quantitative estimate of drug-likeness (QED) is 0.758. The number of fused-ring (bicyclic) bond motifs is 1. The zero-order valence-electron chi connectivity index (χ0n) is 13.6. The van der Waals surface area contributed by atoms with Crippen molar-refractivity contribution in [1.82, 2.24) is 19.5 Å². The standard InChI is InChI=1S/C17H16FN7/c1-9(23-16-11(7-19)15(20)21-8-22-16)17-24-13-4-2-3-12(18)14(13)25(17)10-5-6-10/h2-4,8-10H,5-6H2,1H3,(H3,20,21,22,23)/t9-/m0/s1. The monoisotopic (exact) mass is 337 g/mol. The van der Waals surface area contributed by atoms with E-state index < -0.39 is 0 Å². The first kappa shape index (κ1) is 15.3. The largest absolute Gasteiger partial charge is 0.382 e. The third kappa shape index (κ3) is 2.54. The Labute approximate surface area is 143 Å². The number of anilines is 2. The number of para-hydroxylation sites is 1. The molecule has 0 aliphatic heterocycles. The van der Waals surface area contributed by atoms with Crippen molar-refractivity contribution in [2.24, 2.45) is 0 Å². The fourth-order valence-electron chi connectivity index (χ4n) is 3.02. The summed E-state index contributed by atoms with van der Waals surface area (Å²) in [4.78, 5) is 12.5. The van der Waals surface area contributed by atoms with Gasteiger partial charge in [0.2, 0.25) is 0 Å². The summed E-state index contributed by atoms with van der Waals surface area (Å²) >= 11 is 0. The van der Waals surface area contributed by atoms with E-state index in [1.54, 1.807) is 12.1 Å². The van der Waals surface area contributed by atoms with Crippen LogP contribution in [0.3, 0.4) is 0 Å². The van der Waals surface area contributed by atoms with Gasteiger partial charge in [0.25, 0.3) is 0 Å². The fraction of sp³-hybridized carbons (Fsp3) is 0.294. The van der Waals surface area contributed by atoms with Crippen LogP contribution in [-0.4, -0.2) is 19.5 Å². The summed E-state index contributed by atoms with van der Waals surface area (Å²) in [5, 5.41) is 12.4. The SMILES string of the molecule is C[C@H](Nc1ncnc(N)c1C#N)c1nc2cccc(F)c2n1C1CC1. The van der Waals surface area contributed by atoms with E-state index in [1.807, 2.05) is 17.6 Å². The lowest BCUT2D eigenvalue weighted by Gasteiger charge is -2.17. The van der Waals surface area contributed by atoms with Crippen LogP contribution in [0.2, 0.25) is 0 Å². The van der Waals surface area contributed by atoms with Crippen molar-refractivity contribution < 1.29 is 4.39 Å². The number of hydrogen-bond donors (Lipinski definition) is 2. The molecule has 0 unspecified atom stereocenters. The molecule has 1 aliphatic carbocycles. The van der Waals surface area contributed by atoms with Gasteiger partial charge in [0.05, 0.1) is 11.6 Å². The minimum atomic E-state index is -0.284. The molecule has 0 bridgehead atoms. The molecule has 3 aromatic rings. The minimum absolute atomic E-state index is 0.119. The van der Waals surface area contributed by atoms with E-state index in [0.717, 1.165) is 12.8 Å². The Morgan fingerprint density at radius 2 is 2.20 bits per heavy atom. The summed E-state index contributed by atoms with van der Waals surface area (Å²) in [7, 11) is 0. The molecule has 2 heterocycles. The van der Waals surface area contributed by atoms with Gasteiger partial charge in [-0.25, -0.2) is 19.3 Å². The number of rotatable bonds is 4. The van der Waals surface area contributed by atoms with E-state index in [9.17, 15) is 9.65 Å². The van der Waals surface area contributed by atoms with Gasteiger partial charge in [-0.3, -0.25) is 0 Å². The van der Waals surface area contributed by atoms with Gasteiger partial charge in [-0.05, 0) is 31.9 Å². The number of imidazole rings is 1. The van der Waals surface area contributed by atoms with E-state index in [4.69, 9.17) is 5.73 Å². The third-order valence-corrected chi connectivity index (χ3v) is 4.33. The molecule has 0 saturated heterocycles. The zero-order chi connectivity index (χ0) is 17.6. The Bertz CT molecular complexity index is 1000.